The maximum atomic E-state index is 12.4. The predicted molar refractivity (Wildman–Crippen MR) is 52.4 cm³/mol. The van der Waals surface area contributed by atoms with E-state index in [4.69, 9.17) is 0 Å². The summed E-state index contributed by atoms with van der Waals surface area (Å²) in [5, 5.41) is 0. The largest absolute Gasteiger partial charge is 0.508 e. The Morgan fingerprint density at radius 1 is 1.06 bits per heavy atom. The third-order valence-electron chi connectivity index (χ3n) is 1.66. The van der Waals surface area contributed by atoms with E-state index >= 15 is 0 Å². The Morgan fingerprint density at radius 2 is 1.56 bits per heavy atom. The van der Waals surface area contributed by atoms with Crippen LogP contribution in [0.25, 0.3) is 0 Å². The van der Waals surface area contributed by atoms with Gasteiger partial charge in [0.05, 0.1) is 6.61 Å². The van der Waals surface area contributed by atoms with E-state index in [1.54, 1.807) is 20.8 Å². The van der Waals surface area contributed by atoms with Gasteiger partial charge in [0.2, 0.25) is 0 Å². The van der Waals surface area contributed by atoms with E-state index in [1.807, 2.05) is 0 Å². The predicted octanol–water partition coefficient (Wildman–Crippen LogP) is 3.92. The highest BCUT2D eigenvalue weighted by Gasteiger charge is 2.56. The topological polar surface area (TPSA) is 35.5 Å². The minimum Gasteiger partial charge on any atom is -0.434 e. The molecule has 0 bridgehead atoms. The van der Waals surface area contributed by atoms with Crippen LogP contribution in [0.3, 0.4) is 0 Å². The second kappa shape index (κ2) is 5.71. The number of carbonyl (C=O) groups excluding carboxylic acids is 1. The molecule has 0 heterocycles. The van der Waals surface area contributed by atoms with Gasteiger partial charge in [-0.2, -0.15) is 22.0 Å². The van der Waals surface area contributed by atoms with E-state index in [1.165, 1.54) is 0 Å². The summed E-state index contributed by atoms with van der Waals surface area (Å²) in [5.41, 5.74) is -0.813. The summed E-state index contributed by atoms with van der Waals surface area (Å²) in [6.07, 6.45) is -8.72. The Kier molecular flexibility index (Phi) is 5.36. The Balaban J connectivity index is 3.92. The maximum Gasteiger partial charge on any atom is 0.508 e. The van der Waals surface area contributed by atoms with Crippen molar-refractivity contribution < 1.29 is 36.2 Å². The lowest BCUT2D eigenvalue weighted by molar-refractivity contribution is -0.284. The molecule has 0 saturated carbocycles. The summed E-state index contributed by atoms with van der Waals surface area (Å²) in [6, 6.07) is 0. The van der Waals surface area contributed by atoms with Gasteiger partial charge in [0.15, 0.2) is 0 Å². The Labute approximate surface area is 101 Å². The van der Waals surface area contributed by atoms with Gasteiger partial charge in [0.25, 0.3) is 0 Å². The number of hydrogen-bond donors (Lipinski definition) is 0. The zero-order chi connectivity index (χ0) is 14.6. The molecular weight excluding hydrogens is 263 g/mol. The number of ether oxygens (including phenoxy) is 2. The first-order chi connectivity index (χ1) is 7.85. The van der Waals surface area contributed by atoms with Crippen LogP contribution < -0.4 is 0 Å². The van der Waals surface area contributed by atoms with Crippen LogP contribution in [0, 0.1) is 0 Å². The van der Waals surface area contributed by atoms with Crippen molar-refractivity contribution in [3.05, 3.63) is 0 Å². The van der Waals surface area contributed by atoms with Crippen molar-refractivity contribution in [2.24, 2.45) is 0 Å². The van der Waals surface area contributed by atoms with Crippen molar-refractivity contribution in [2.75, 3.05) is 6.61 Å². The summed E-state index contributed by atoms with van der Waals surface area (Å²) in [4.78, 5) is 10.9. The second-order valence-corrected chi connectivity index (χ2v) is 4.62. The molecule has 0 aliphatic heterocycles. The zero-order valence-corrected chi connectivity index (χ0v) is 10.2. The van der Waals surface area contributed by atoms with E-state index < -0.39 is 43.3 Å². The number of carbonyl (C=O) groups is 1. The van der Waals surface area contributed by atoms with Crippen molar-refractivity contribution in [1.29, 1.82) is 0 Å². The van der Waals surface area contributed by atoms with E-state index in [-0.39, 0.29) is 0 Å². The molecule has 8 heteroatoms. The summed E-state index contributed by atoms with van der Waals surface area (Å²) < 4.78 is 69.2. The lowest BCUT2D eigenvalue weighted by Gasteiger charge is -2.20. The van der Waals surface area contributed by atoms with Crippen molar-refractivity contribution in [2.45, 2.75) is 51.3 Å². The maximum absolute atomic E-state index is 12.4. The molecule has 0 aliphatic carbocycles. The second-order valence-electron chi connectivity index (χ2n) is 4.62. The van der Waals surface area contributed by atoms with E-state index in [9.17, 15) is 26.7 Å². The quantitative estimate of drug-likeness (QED) is 0.444. The molecular formula is C10H15F5O3. The molecule has 0 aromatic heterocycles. The SMILES string of the molecule is CC(C)(C)OC(=O)OCCCC(F)(F)C(F)(F)F. The van der Waals surface area contributed by atoms with Crippen LogP contribution in [-0.4, -0.2) is 30.5 Å². The highest BCUT2D eigenvalue weighted by atomic mass is 19.4. The van der Waals surface area contributed by atoms with Crippen LogP contribution in [0.1, 0.15) is 33.6 Å². The van der Waals surface area contributed by atoms with Crippen LogP contribution in [0.5, 0.6) is 0 Å². The molecule has 3 nitrogen and oxygen atoms in total. The first-order valence-electron chi connectivity index (χ1n) is 5.15. The average molecular weight is 278 g/mol. The van der Waals surface area contributed by atoms with Crippen molar-refractivity contribution in [1.82, 2.24) is 0 Å². The molecule has 0 fully saturated rings. The normalized spacial score (nSPS) is 13.3. The van der Waals surface area contributed by atoms with Gasteiger partial charge >= 0.3 is 18.3 Å². The zero-order valence-electron chi connectivity index (χ0n) is 10.2. The molecule has 0 aromatic rings. The fourth-order valence-electron chi connectivity index (χ4n) is 0.871. The lowest BCUT2D eigenvalue weighted by atomic mass is 10.2. The van der Waals surface area contributed by atoms with Gasteiger partial charge in [0, 0.05) is 6.42 Å². The van der Waals surface area contributed by atoms with Gasteiger partial charge < -0.3 is 9.47 Å². The highest BCUT2D eigenvalue weighted by molar-refractivity contribution is 5.60. The monoisotopic (exact) mass is 278 g/mol. The minimum atomic E-state index is -5.58. The molecule has 0 N–H and O–H groups in total. The van der Waals surface area contributed by atoms with Crippen molar-refractivity contribution >= 4 is 6.16 Å². The van der Waals surface area contributed by atoms with E-state index in [0.717, 1.165) is 0 Å². The van der Waals surface area contributed by atoms with Crippen LogP contribution in [-0.2, 0) is 9.47 Å². The number of rotatable bonds is 4. The fraction of sp³-hybridized carbons (Fsp3) is 0.900. The minimum absolute atomic E-state index is 0.555. The third-order valence-corrected chi connectivity index (χ3v) is 1.66. The summed E-state index contributed by atoms with van der Waals surface area (Å²) in [5.74, 6) is -4.77. The van der Waals surface area contributed by atoms with Gasteiger partial charge in [0.1, 0.15) is 5.60 Å². The van der Waals surface area contributed by atoms with Crippen LogP contribution in [0.4, 0.5) is 26.7 Å². The van der Waals surface area contributed by atoms with Gasteiger partial charge in [-0.15, -0.1) is 0 Å². The molecule has 0 aromatic carbocycles. The van der Waals surface area contributed by atoms with Crippen molar-refractivity contribution in [3.63, 3.8) is 0 Å². The molecule has 18 heavy (non-hydrogen) atoms. The summed E-state index contributed by atoms with van der Waals surface area (Å²) in [6.45, 7) is 4.13. The highest BCUT2D eigenvalue weighted by Crippen LogP contribution is 2.38. The first-order valence-corrected chi connectivity index (χ1v) is 5.15. The van der Waals surface area contributed by atoms with Crippen LogP contribution in [0.2, 0.25) is 0 Å². The van der Waals surface area contributed by atoms with E-state index in [2.05, 4.69) is 9.47 Å². The lowest BCUT2D eigenvalue weighted by Crippen LogP contribution is -2.36. The number of hydrogen-bond acceptors (Lipinski definition) is 3. The Hall–Kier alpha value is -1.08. The molecule has 0 aliphatic rings. The molecule has 0 rings (SSSR count). The Morgan fingerprint density at radius 3 is 1.94 bits per heavy atom. The molecule has 0 spiro atoms. The first kappa shape index (κ1) is 16.9. The summed E-state index contributed by atoms with van der Waals surface area (Å²) in [7, 11) is 0. The van der Waals surface area contributed by atoms with Crippen molar-refractivity contribution in [3.8, 4) is 0 Å². The van der Waals surface area contributed by atoms with Gasteiger partial charge in [-0.05, 0) is 27.2 Å². The fourth-order valence-corrected chi connectivity index (χ4v) is 0.871. The average Bonchev–Trinajstić information content (AvgIpc) is 2.07. The summed E-state index contributed by atoms with van der Waals surface area (Å²) >= 11 is 0. The Bertz CT molecular complexity index is 280. The van der Waals surface area contributed by atoms with E-state index in [0.29, 0.717) is 0 Å². The van der Waals surface area contributed by atoms with Gasteiger partial charge in [-0.25, -0.2) is 4.79 Å². The molecule has 108 valence electrons. The molecule has 0 unspecified atom stereocenters. The molecule has 0 amide bonds. The molecule has 0 atom stereocenters. The molecule has 0 radical (unpaired) electrons. The number of halogens is 5. The van der Waals surface area contributed by atoms with Crippen LogP contribution in [0.15, 0.2) is 0 Å². The van der Waals surface area contributed by atoms with Gasteiger partial charge in [-0.1, -0.05) is 0 Å². The third kappa shape index (κ3) is 6.61. The van der Waals surface area contributed by atoms with Gasteiger partial charge in [-0.3, -0.25) is 0 Å². The molecule has 0 saturated heterocycles. The van der Waals surface area contributed by atoms with Crippen LogP contribution >= 0.6 is 0 Å². The number of alkyl halides is 5. The standard InChI is InChI=1S/C10H15F5O3/c1-8(2,3)18-7(16)17-6-4-5-9(11,12)10(13,14)15/h4-6H2,1-3H3. The smallest absolute Gasteiger partial charge is 0.434 e.